The van der Waals surface area contributed by atoms with Gasteiger partial charge < -0.3 is 14.0 Å². The predicted molar refractivity (Wildman–Crippen MR) is 259 cm³/mol. The number of pyridine rings is 1. The summed E-state index contributed by atoms with van der Waals surface area (Å²) in [5.74, 6) is 0. The van der Waals surface area contributed by atoms with E-state index in [0.29, 0.717) is 0 Å². The van der Waals surface area contributed by atoms with Crippen molar-refractivity contribution in [2.45, 2.75) is 19.3 Å². The maximum absolute atomic E-state index is 4.62. The van der Waals surface area contributed by atoms with Crippen LogP contribution >= 0.6 is 0 Å². The summed E-state index contributed by atoms with van der Waals surface area (Å²) in [6.07, 6.45) is 4.05. The average molecular weight is 795 g/mol. The van der Waals surface area contributed by atoms with Crippen molar-refractivity contribution in [1.82, 2.24) is 14.1 Å². The number of fused-ring (bicyclic) bond motifs is 8. The lowest BCUT2D eigenvalue weighted by atomic mass is 9.82. The number of nitrogens with zero attached hydrogens (tertiary/aromatic N) is 4. The third-order valence-corrected chi connectivity index (χ3v) is 13.0. The van der Waals surface area contributed by atoms with E-state index in [-0.39, 0.29) is 5.41 Å². The quantitative estimate of drug-likeness (QED) is 0.161. The molecule has 0 atom stereocenters. The van der Waals surface area contributed by atoms with Gasteiger partial charge in [-0.1, -0.05) is 129 Å². The van der Waals surface area contributed by atoms with Gasteiger partial charge in [0.25, 0.3) is 0 Å². The van der Waals surface area contributed by atoms with Gasteiger partial charge in [0.1, 0.15) is 0 Å². The summed E-state index contributed by atoms with van der Waals surface area (Å²) in [7, 11) is 0. The average Bonchev–Trinajstić information content (AvgIpc) is 3.98. The maximum Gasteiger partial charge on any atom is 0.0788 e. The fourth-order valence-electron chi connectivity index (χ4n) is 9.95. The fraction of sp³-hybridized carbons (Fsp3) is 0.0517. The van der Waals surface area contributed by atoms with Crippen LogP contribution in [0, 0.1) is 0 Å². The summed E-state index contributed by atoms with van der Waals surface area (Å²) in [4.78, 5) is 7.00. The van der Waals surface area contributed by atoms with Crippen molar-refractivity contribution < 1.29 is 0 Å². The Kier molecular flexibility index (Phi) is 8.16. The van der Waals surface area contributed by atoms with Gasteiger partial charge in [0.15, 0.2) is 0 Å². The Morgan fingerprint density at radius 1 is 0.452 bits per heavy atom. The molecule has 12 rings (SSSR count). The Bertz CT molecular complexity index is 3450. The van der Waals surface area contributed by atoms with E-state index < -0.39 is 0 Å². The van der Waals surface area contributed by atoms with Gasteiger partial charge in [-0.3, -0.25) is 4.98 Å². The first-order chi connectivity index (χ1) is 30.5. The zero-order chi connectivity index (χ0) is 41.4. The van der Waals surface area contributed by atoms with Gasteiger partial charge in [-0.15, -0.1) is 0 Å². The molecule has 1 aliphatic rings. The minimum absolute atomic E-state index is 0.112. The SMILES string of the molecule is CC1(C)c2ccccc2-c2ccc(N(c3ccc(-c4ccc5c(c4)c4ccc6ccn(-c7ccccc7)c6c4n5-c4ccccc4)cc3)c3ccc(-c4ccccn4)cc3)cc21. The van der Waals surface area contributed by atoms with Crippen LogP contribution < -0.4 is 4.90 Å². The molecule has 4 heteroatoms. The molecular weight excluding hydrogens is 753 g/mol. The minimum atomic E-state index is -0.112. The highest BCUT2D eigenvalue weighted by Crippen LogP contribution is 2.51. The van der Waals surface area contributed by atoms with Crippen LogP contribution in [-0.2, 0) is 5.41 Å². The lowest BCUT2D eigenvalue weighted by Gasteiger charge is -2.28. The third-order valence-electron chi connectivity index (χ3n) is 13.0. The van der Waals surface area contributed by atoms with Crippen LogP contribution in [0.1, 0.15) is 25.0 Å². The topological polar surface area (TPSA) is 26.0 Å². The summed E-state index contributed by atoms with van der Waals surface area (Å²) in [6.45, 7) is 4.69. The first-order valence-corrected chi connectivity index (χ1v) is 21.4. The van der Waals surface area contributed by atoms with E-state index in [1.165, 1.54) is 66.1 Å². The van der Waals surface area contributed by atoms with Gasteiger partial charge in [0.2, 0.25) is 0 Å². The van der Waals surface area contributed by atoms with Crippen molar-refractivity contribution in [2.24, 2.45) is 0 Å². The van der Waals surface area contributed by atoms with Crippen LogP contribution in [0.2, 0.25) is 0 Å². The molecule has 0 bridgehead atoms. The van der Waals surface area contributed by atoms with E-state index in [1.807, 2.05) is 18.3 Å². The molecule has 0 spiro atoms. The van der Waals surface area contributed by atoms with E-state index >= 15 is 0 Å². The second kappa shape index (κ2) is 14.1. The van der Waals surface area contributed by atoms with Gasteiger partial charge in [0, 0.05) is 68.0 Å². The largest absolute Gasteiger partial charge is 0.315 e. The van der Waals surface area contributed by atoms with Crippen molar-refractivity contribution in [2.75, 3.05) is 4.90 Å². The highest BCUT2D eigenvalue weighted by molar-refractivity contribution is 6.18. The van der Waals surface area contributed by atoms with Gasteiger partial charge >= 0.3 is 0 Å². The Hall–Kier alpha value is -7.95. The summed E-state index contributed by atoms with van der Waals surface area (Å²) in [6, 6.07) is 74.9. The Morgan fingerprint density at radius 2 is 1.10 bits per heavy atom. The number of rotatable bonds is 7. The molecule has 0 unspecified atom stereocenters. The lowest BCUT2D eigenvalue weighted by molar-refractivity contribution is 0.660. The fourth-order valence-corrected chi connectivity index (χ4v) is 9.95. The third kappa shape index (κ3) is 5.64. The molecule has 4 nitrogen and oxygen atoms in total. The number of anilines is 3. The van der Waals surface area contributed by atoms with Crippen LogP contribution in [0.4, 0.5) is 17.1 Å². The number of hydrogen-bond donors (Lipinski definition) is 0. The second-order valence-electron chi connectivity index (χ2n) is 16.9. The first kappa shape index (κ1) is 35.9. The second-order valence-corrected chi connectivity index (χ2v) is 16.9. The molecule has 0 N–H and O–H groups in total. The monoisotopic (exact) mass is 794 g/mol. The summed E-state index contributed by atoms with van der Waals surface area (Å²) >= 11 is 0. The smallest absolute Gasteiger partial charge is 0.0788 e. The molecular formula is C58H42N4. The van der Waals surface area contributed by atoms with E-state index in [2.05, 4.69) is 233 Å². The standard InChI is InChI=1S/C58H42N4/c1-58(2)52-18-10-9-17-48(52)49-32-30-47(38-53(49)58)61(46-28-22-40(23-29-46)54-19-11-12-35-59-54)45-26-20-39(21-27-45)42-25-33-55-51(37-42)50-31-24-41-34-36-60(43-13-5-3-6-14-43)56(41)57(50)62(55)44-15-7-4-8-16-44/h3-38H,1-2H3. The summed E-state index contributed by atoms with van der Waals surface area (Å²) in [5.41, 5.74) is 18.8. The molecule has 0 amide bonds. The number of hydrogen-bond acceptors (Lipinski definition) is 2. The van der Waals surface area contributed by atoms with E-state index in [9.17, 15) is 0 Å². The molecule has 3 heterocycles. The molecule has 0 aliphatic heterocycles. The summed E-state index contributed by atoms with van der Waals surface area (Å²) < 4.78 is 4.76. The van der Waals surface area contributed by atoms with Gasteiger partial charge in [-0.25, -0.2) is 0 Å². The van der Waals surface area contributed by atoms with Crippen molar-refractivity contribution in [3.8, 4) is 44.9 Å². The molecule has 294 valence electrons. The first-order valence-electron chi connectivity index (χ1n) is 21.4. The zero-order valence-electron chi connectivity index (χ0n) is 34.6. The van der Waals surface area contributed by atoms with Crippen LogP contribution in [-0.4, -0.2) is 14.1 Å². The van der Waals surface area contributed by atoms with Crippen molar-refractivity contribution in [3.05, 3.63) is 230 Å². The molecule has 0 fully saturated rings. The Balaban J connectivity index is 0.984. The molecule has 1 aliphatic carbocycles. The molecule has 8 aromatic carbocycles. The zero-order valence-corrected chi connectivity index (χ0v) is 34.6. The minimum Gasteiger partial charge on any atom is -0.315 e. The predicted octanol–water partition coefficient (Wildman–Crippen LogP) is 15.2. The van der Waals surface area contributed by atoms with Crippen LogP contribution in [0.15, 0.2) is 219 Å². The molecule has 0 radical (unpaired) electrons. The van der Waals surface area contributed by atoms with Crippen LogP contribution in [0.25, 0.3) is 77.6 Å². The Morgan fingerprint density at radius 3 is 1.84 bits per heavy atom. The number of benzene rings is 8. The van der Waals surface area contributed by atoms with Crippen LogP contribution in [0.3, 0.4) is 0 Å². The van der Waals surface area contributed by atoms with Crippen molar-refractivity contribution in [1.29, 1.82) is 0 Å². The van der Waals surface area contributed by atoms with Gasteiger partial charge in [0.05, 0.1) is 22.2 Å². The molecule has 0 saturated heterocycles. The molecule has 0 saturated carbocycles. The van der Waals surface area contributed by atoms with Gasteiger partial charge in [-0.2, -0.15) is 0 Å². The normalized spacial score (nSPS) is 12.8. The molecule has 3 aromatic heterocycles. The summed E-state index contributed by atoms with van der Waals surface area (Å²) in [5, 5.41) is 3.67. The van der Waals surface area contributed by atoms with Gasteiger partial charge in [-0.05, 0) is 124 Å². The van der Waals surface area contributed by atoms with E-state index in [0.717, 1.165) is 39.7 Å². The molecule has 11 aromatic rings. The van der Waals surface area contributed by atoms with Crippen molar-refractivity contribution in [3.63, 3.8) is 0 Å². The lowest BCUT2D eigenvalue weighted by Crippen LogP contribution is -2.16. The van der Waals surface area contributed by atoms with Crippen molar-refractivity contribution >= 4 is 49.8 Å². The maximum atomic E-state index is 4.62. The van der Waals surface area contributed by atoms with E-state index in [4.69, 9.17) is 0 Å². The molecule has 62 heavy (non-hydrogen) atoms. The highest BCUT2D eigenvalue weighted by Gasteiger charge is 2.35. The van der Waals surface area contributed by atoms with E-state index in [1.54, 1.807) is 0 Å². The van der Waals surface area contributed by atoms with Crippen LogP contribution in [0.5, 0.6) is 0 Å². The number of para-hydroxylation sites is 2. The Labute approximate surface area is 361 Å². The highest BCUT2D eigenvalue weighted by atomic mass is 15.1. The number of aromatic nitrogens is 3.